The number of anilines is 4. The van der Waals surface area contributed by atoms with E-state index < -0.39 is 27.9 Å². The van der Waals surface area contributed by atoms with Gasteiger partial charge in [-0.3, -0.25) is 4.79 Å². The predicted molar refractivity (Wildman–Crippen MR) is 189 cm³/mol. The minimum absolute atomic E-state index is 0.0143. The number of unbranched alkanes of at least 4 members (excludes halogenated alkanes) is 1. The fraction of sp³-hybridized carbons (Fsp3) is 0.273. The maximum absolute atomic E-state index is 13.2. The molecule has 5 rings (SSSR count). The lowest BCUT2D eigenvalue weighted by atomic mass is 10.1. The molecule has 15 nitrogen and oxygen atoms in total. The number of amides is 1. The van der Waals surface area contributed by atoms with Crippen LogP contribution in [0.5, 0.6) is 0 Å². The van der Waals surface area contributed by atoms with Crippen LogP contribution < -0.4 is 31.3 Å². The molecule has 0 radical (unpaired) electrons. The zero-order valence-corrected chi connectivity index (χ0v) is 28.1. The zero-order valence-electron chi connectivity index (χ0n) is 27.3. The van der Waals surface area contributed by atoms with Gasteiger partial charge in [-0.05, 0) is 55.7 Å². The molecule has 0 saturated heterocycles. The quantitative estimate of drug-likeness (QED) is 0.106. The van der Waals surface area contributed by atoms with E-state index in [1.165, 1.54) is 0 Å². The summed E-state index contributed by atoms with van der Waals surface area (Å²) in [5, 5.41) is 13.8. The van der Waals surface area contributed by atoms with Crippen LogP contribution in [0.25, 0.3) is 21.9 Å². The molecule has 0 aliphatic heterocycles. The van der Waals surface area contributed by atoms with Crippen LogP contribution in [0.4, 0.5) is 23.1 Å². The van der Waals surface area contributed by atoms with Crippen LogP contribution in [0.3, 0.4) is 0 Å². The number of fused-ring (bicyclic) bond motifs is 2. The second kappa shape index (κ2) is 14.7. The van der Waals surface area contributed by atoms with Gasteiger partial charge in [0, 0.05) is 55.4 Å². The van der Waals surface area contributed by atoms with Crippen molar-refractivity contribution in [2.45, 2.75) is 36.7 Å². The van der Waals surface area contributed by atoms with Crippen molar-refractivity contribution < 1.29 is 23.1 Å². The summed E-state index contributed by atoms with van der Waals surface area (Å²) < 4.78 is 29.0. The highest BCUT2D eigenvalue weighted by atomic mass is 32.2. The average molecular weight is 687 g/mol. The summed E-state index contributed by atoms with van der Waals surface area (Å²) in [4.78, 5) is 45.6. The number of benzene rings is 3. The highest BCUT2D eigenvalue weighted by Crippen LogP contribution is 2.30. The molecule has 2 heterocycles. The second-order valence-electron chi connectivity index (χ2n) is 11.7. The van der Waals surface area contributed by atoms with Gasteiger partial charge in [-0.2, -0.15) is 9.97 Å². The lowest BCUT2D eigenvalue weighted by Gasteiger charge is -2.19. The molecule has 1 unspecified atom stereocenters. The molecule has 0 bridgehead atoms. The molecule has 49 heavy (non-hydrogen) atoms. The molecule has 0 aliphatic carbocycles. The number of carbonyl (C=O) groups is 2. The summed E-state index contributed by atoms with van der Waals surface area (Å²) >= 11 is 0. The Kier molecular flexibility index (Phi) is 10.4. The number of carboxylic acids is 1. The summed E-state index contributed by atoms with van der Waals surface area (Å²) in [6.07, 6.45) is 2.44. The number of nitrogens with one attached hydrogen (secondary N) is 2. The number of sulfonamides is 1. The van der Waals surface area contributed by atoms with E-state index in [1.807, 2.05) is 49.1 Å². The molecule has 256 valence electrons. The first-order valence-corrected chi connectivity index (χ1v) is 16.9. The summed E-state index contributed by atoms with van der Waals surface area (Å²) in [5.74, 6) is -1.57. The fourth-order valence-corrected chi connectivity index (χ4v) is 6.70. The molecule has 2 aromatic heterocycles. The molecule has 1 amide bonds. The molecule has 0 fully saturated rings. The number of aliphatic carboxylic acids is 1. The Labute approximate surface area is 283 Å². The Balaban J connectivity index is 1.13. The van der Waals surface area contributed by atoms with Crippen LogP contribution in [-0.4, -0.2) is 79.1 Å². The van der Waals surface area contributed by atoms with E-state index in [-0.39, 0.29) is 35.2 Å². The average Bonchev–Trinajstić information content (AvgIpc) is 3.07. The van der Waals surface area contributed by atoms with Gasteiger partial charge in [0.25, 0.3) is 5.91 Å². The number of carbonyl (C=O) groups excluding carboxylic acids is 1. The SMILES string of the molecule is CN(C)c1cccc2c(S(=O)(=O)NCCCCC(NC(=O)c3ccc(N(C)Cc4cnc5nc(N)nc(N)c5n4)cc3)C(=O)O)cccc12. The molecular formula is C33H38N10O5S. The van der Waals surface area contributed by atoms with Gasteiger partial charge in [-0.1, -0.05) is 24.3 Å². The smallest absolute Gasteiger partial charge is 0.326 e. The molecule has 5 aromatic rings. The molecule has 1 atom stereocenters. The van der Waals surface area contributed by atoms with E-state index in [0.29, 0.717) is 41.6 Å². The number of nitrogen functional groups attached to an aromatic ring is 2. The topological polar surface area (TPSA) is 223 Å². The van der Waals surface area contributed by atoms with Gasteiger partial charge in [0.2, 0.25) is 16.0 Å². The Bertz CT molecular complexity index is 2110. The summed E-state index contributed by atoms with van der Waals surface area (Å²) in [5.41, 5.74) is 14.8. The maximum atomic E-state index is 13.2. The van der Waals surface area contributed by atoms with Crippen LogP contribution >= 0.6 is 0 Å². The van der Waals surface area contributed by atoms with Crippen molar-refractivity contribution in [3.63, 3.8) is 0 Å². The van der Waals surface area contributed by atoms with Gasteiger partial charge in [-0.15, -0.1) is 0 Å². The molecular weight excluding hydrogens is 648 g/mol. The standard InChI is InChI=1S/C33H38N10O5S/c1-42(2)26-11-6-9-24-23(26)8-7-12-27(24)49(47,48)37-17-5-4-10-25(32(45)46)39-31(44)20-13-15-22(16-14-20)43(3)19-21-18-36-30-28(38-21)29(34)40-33(35)41-30/h6-9,11-16,18,25,37H,4-5,10,17,19H2,1-3H3,(H,39,44)(H,45,46)(H4,34,35,36,40,41). The van der Waals surface area contributed by atoms with Gasteiger partial charge in [0.1, 0.15) is 6.04 Å². The predicted octanol–water partition coefficient (Wildman–Crippen LogP) is 2.77. The van der Waals surface area contributed by atoms with Crippen LogP contribution in [0, 0.1) is 0 Å². The first-order chi connectivity index (χ1) is 23.3. The number of nitrogens with two attached hydrogens (primary N) is 2. The molecule has 3 aromatic carbocycles. The Morgan fingerprint density at radius 1 is 0.918 bits per heavy atom. The van der Waals surface area contributed by atoms with E-state index in [9.17, 15) is 23.1 Å². The second-order valence-corrected chi connectivity index (χ2v) is 13.4. The summed E-state index contributed by atoms with van der Waals surface area (Å²) in [7, 11) is 1.81. The number of hydrogen-bond acceptors (Lipinski definition) is 12. The number of nitrogens with zero attached hydrogens (tertiary/aromatic N) is 6. The van der Waals surface area contributed by atoms with Crippen molar-refractivity contribution >= 4 is 67.0 Å². The highest BCUT2D eigenvalue weighted by molar-refractivity contribution is 7.89. The highest BCUT2D eigenvalue weighted by Gasteiger charge is 2.22. The normalized spacial score (nSPS) is 12.1. The van der Waals surface area contributed by atoms with Crippen LogP contribution in [-0.2, 0) is 21.4 Å². The van der Waals surface area contributed by atoms with Gasteiger partial charge in [0.05, 0.1) is 23.3 Å². The van der Waals surface area contributed by atoms with Gasteiger partial charge in [-0.25, -0.2) is 27.9 Å². The van der Waals surface area contributed by atoms with Gasteiger partial charge in [0.15, 0.2) is 17.0 Å². The zero-order chi connectivity index (χ0) is 35.3. The number of rotatable bonds is 14. The van der Waals surface area contributed by atoms with E-state index in [2.05, 4.69) is 30.0 Å². The van der Waals surface area contributed by atoms with Crippen molar-refractivity contribution in [1.29, 1.82) is 0 Å². The van der Waals surface area contributed by atoms with Crippen LogP contribution in [0.1, 0.15) is 35.3 Å². The third kappa shape index (κ3) is 8.10. The Hall–Kier alpha value is -5.61. The first-order valence-electron chi connectivity index (χ1n) is 15.4. The fourth-order valence-electron chi connectivity index (χ4n) is 5.41. The van der Waals surface area contributed by atoms with E-state index >= 15 is 0 Å². The lowest BCUT2D eigenvalue weighted by molar-refractivity contribution is -0.139. The lowest BCUT2D eigenvalue weighted by Crippen LogP contribution is -2.40. The molecule has 0 aliphatic rings. The van der Waals surface area contributed by atoms with E-state index in [0.717, 1.165) is 16.8 Å². The van der Waals surface area contributed by atoms with Crippen molar-refractivity contribution in [3.8, 4) is 0 Å². The van der Waals surface area contributed by atoms with Crippen molar-refractivity contribution in [3.05, 3.63) is 78.1 Å². The minimum atomic E-state index is -3.82. The summed E-state index contributed by atoms with van der Waals surface area (Å²) in [6.45, 7) is 0.483. The monoisotopic (exact) mass is 686 g/mol. The largest absolute Gasteiger partial charge is 0.480 e. The number of aromatic nitrogens is 4. The Morgan fingerprint density at radius 3 is 2.35 bits per heavy atom. The number of hydrogen-bond donors (Lipinski definition) is 5. The molecule has 0 spiro atoms. The third-order valence-corrected chi connectivity index (χ3v) is 9.44. The molecule has 0 saturated carbocycles. The van der Waals surface area contributed by atoms with Crippen LogP contribution in [0.2, 0.25) is 0 Å². The van der Waals surface area contributed by atoms with Crippen molar-refractivity contribution in [2.75, 3.05) is 49.0 Å². The van der Waals surface area contributed by atoms with E-state index in [4.69, 9.17) is 11.5 Å². The van der Waals surface area contributed by atoms with E-state index in [1.54, 1.807) is 48.7 Å². The number of carboxylic acid groups (broad SMARTS) is 1. The van der Waals surface area contributed by atoms with Crippen molar-refractivity contribution in [2.24, 2.45) is 0 Å². The third-order valence-electron chi connectivity index (χ3n) is 7.92. The summed E-state index contributed by atoms with van der Waals surface area (Å²) in [6, 6.07) is 16.2. The first kappa shape index (κ1) is 34.7. The van der Waals surface area contributed by atoms with Gasteiger partial charge < -0.3 is 31.7 Å². The molecule has 7 N–H and O–H groups in total. The minimum Gasteiger partial charge on any atom is -0.480 e. The van der Waals surface area contributed by atoms with Crippen molar-refractivity contribution in [1.82, 2.24) is 30.0 Å². The van der Waals surface area contributed by atoms with Gasteiger partial charge >= 0.3 is 5.97 Å². The van der Waals surface area contributed by atoms with Crippen LogP contribution in [0.15, 0.2) is 71.8 Å². The Morgan fingerprint density at radius 2 is 1.63 bits per heavy atom. The maximum Gasteiger partial charge on any atom is 0.326 e. The molecule has 16 heteroatoms.